The summed E-state index contributed by atoms with van der Waals surface area (Å²) in [4.78, 5) is 23.2. The van der Waals surface area contributed by atoms with Crippen molar-refractivity contribution >= 4 is 12.4 Å². The van der Waals surface area contributed by atoms with Crippen LogP contribution in [0.4, 0.5) is 0 Å². The van der Waals surface area contributed by atoms with Crippen molar-refractivity contribution < 1.29 is 19.1 Å². The van der Waals surface area contributed by atoms with Crippen molar-refractivity contribution in [3.63, 3.8) is 0 Å². The van der Waals surface area contributed by atoms with Crippen LogP contribution in [-0.2, 0) is 19.1 Å². The first-order valence-corrected chi connectivity index (χ1v) is 7.56. The highest BCUT2D eigenvalue weighted by atomic mass is 16.5. The molecule has 0 spiro atoms. The molecule has 4 nitrogen and oxygen atoms in total. The van der Waals surface area contributed by atoms with E-state index in [4.69, 9.17) is 9.47 Å². The fourth-order valence-electron chi connectivity index (χ4n) is 5.67. The molecule has 4 saturated carbocycles. The van der Waals surface area contributed by atoms with Crippen LogP contribution in [0.15, 0.2) is 0 Å². The minimum atomic E-state index is -0.508. The first-order chi connectivity index (χ1) is 9.36. The van der Waals surface area contributed by atoms with Crippen molar-refractivity contribution in [3.8, 4) is 0 Å². The fraction of sp³-hybridized carbons (Fsp3) is 0.875. The molecule has 20 heavy (non-hydrogen) atoms. The van der Waals surface area contributed by atoms with Crippen molar-refractivity contribution in [2.75, 3.05) is 7.11 Å². The second-order valence-electron chi connectivity index (χ2n) is 7.74. The molecule has 0 aromatic carbocycles. The molecule has 4 rings (SSSR count). The third-order valence-electron chi connectivity index (χ3n) is 6.30. The molecular weight excluding hydrogens is 256 g/mol. The number of carbonyl (C=O) groups is 2. The molecule has 0 aliphatic heterocycles. The molecule has 4 aliphatic carbocycles. The Morgan fingerprint density at radius 1 is 1.20 bits per heavy atom. The molecule has 0 aromatic heterocycles. The first-order valence-electron chi connectivity index (χ1n) is 7.56. The average Bonchev–Trinajstić information content (AvgIpc) is 2.36. The van der Waals surface area contributed by atoms with Gasteiger partial charge in [-0.05, 0) is 64.2 Å². The maximum atomic E-state index is 12.4. The second-order valence-corrected chi connectivity index (χ2v) is 7.74. The van der Waals surface area contributed by atoms with Crippen LogP contribution in [0.1, 0.15) is 52.4 Å². The molecular formula is C16H24O4. The molecule has 4 aliphatic rings. The van der Waals surface area contributed by atoms with E-state index in [0.29, 0.717) is 18.3 Å². The van der Waals surface area contributed by atoms with Gasteiger partial charge in [-0.25, -0.2) is 0 Å². The lowest BCUT2D eigenvalue weighted by atomic mass is 9.41. The standard InChI is InChI=1S/C16H24O4/c1-14(2,20-10-17)16-7-11-4-12(8-16)6-15(5-11,9-16)13(18)19-3/h10-12H,4-9H2,1-3H3/t11-,12+,15?,16?. The van der Waals surface area contributed by atoms with Crippen LogP contribution in [-0.4, -0.2) is 25.2 Å². The zero-order valence-electron chi connectivity index (χ0n) is 12.6. The van der Waals surface area contributed by atoms with Gasteiger partial charge in [-0.1, -0.05) is 0 Å². The van der Waals surface area contributed by atoms with Crippen LogP contribution in [0.2, 0.25) is 0 Å². The van der Waals surface area contributed by atoms with Crippen LogP contribution in [0, 0.1) is 22.7 Å². The van der Waals surface area contributed by atoms with Crippen LogP contribution in [0.25, 0.3) is 0 Å². The molecule has 4 fully saturated rings. The lowest BCUT2D eigenvalue weighted by Crippen LogP contribution is -2.62. The van der Waals surface area contributed by atoms with E-state index in [2.05, 4.69) is 0 Å². The Balaban J connectivity index is 1.98. The number of esters is 1. The molecule has 4 atom stereocenters. The van der Waals surface area contributed by atoms with Gasteiger partial charge >= 0.3 is 5.97 Å². The molecule has 2 unspecified atom stereocenters. The Hall–Kier alpha value is -1.06. The maximum absolute atomic E-state index is 12.4. The minimum absolute atomic E-state index is 0.0575. The Morgan fingerprint density at radius 2 is 1.80 bits per heavy atom. The van der Waals surface area contributed by atoms with Crippen LogP contribution in [0.3, 0.4) is 0 Å². The van der Waals surface area contributed by atoms with Crippen LogP contribution < -0.4 is 0 Å². The summed E-state index contributed by atoms with van der Waals surface area (Å²) >= 11 is 0. The van der Waals surface area contributed by atoms with Gasteiger partial charge < -0.3 is 9.47 Å². The van der Waals surface area contributed by atoms with Crippen molar-refractivity contribution in [1.29, 1.82) is 0 Å². The lowest BCUT2D eigenvalue weighted by Gasteiger charge is -2.64. The van der Waals surface area contributed by atoms with E-state index in [-0.39, 0.29) is 16.8 Å². The number of hydrogen-bond donors (Lipinski definition) is 0. The van der Waals surface area contributed by atoms with Gasteiger partial charge in [-0.3, -0.25) is 9.59 Å². The van der Waals surface area contributed by atoms with Crippen molar-refractivity contribution in [2.24, 2.45) is 22.7 Å². The second kappa shape index (κ2) is 4.22. The van der Waals surface area contributed by atoms with Gasteiger partial charge in [-0.15, -0.1) is 0 Å². The Morgan fingerprint density at radius 3 is 2.30 bits per heavy atom. The Bertz CT molecular complexity index is 426. The summed E-state index contributed by atoms with van der Waals surface area (Å²) < 4.78 is 10.5. The molecule has 0 amide bonds. The number of carbonyl (C=O) groups excluding carboxylic acids is 2. The van der Waals surface area contributed by atoms with Gasteiger partial charge in [0.1, 0.15) is 5.60 Å². The summed E-state index contributed by atoms with van der Waals surface area (Å²) in [5.74, 6) is 1.09. The monoisotopic (exact) mass is 280 g/mol. The number of hydrogen-bond acceptors (Lipinski definition) is 4. The quantitative estimate of drug-likeness (QED) is 0.587. The van der Waals surface area contributed by atoms with E-state index in [0.717, 1.165) is 32.1 Å². The summed E-state index contributed by atoms with van der Waals surface area (Å²) in [5, 5.41) is 0. The number of rotatable bonds is 4. The average molecular weight is 280 g/mol. The molecule has 0 saturated heterocycles. The van der Waals surface area contributed by atoms with Gasteiger partial charge in [0, 0.05) is 5.41 Å². The summed E-state index contributed by atoms with van der Waals surface area (Å²) in [6.45, 7) is 4.56. The smallest absolute Gasteiger partial charge is 0.311 e. The van der Waals surface area contributed by atoms with Crippen molar-refractivity contribution in [2.45, 2.75) is 58.0 Å². The lowest BCUT2D eigenvalue weighted by molar-refractivity contribution is -0.214. The summed E-state index contributed by atoms with van der Waals surface area (Å²) in [5.41, 5.74) is -0.902. The summed E-state index contributed by atoms with van der Waals surface area (Å²) in [7, 11) is 1.49. The number of ether oxygens (including phenoxy) is 2. The molecule has 0 N–H and O–H groups in total. The summed E-state index contributed by atoms with van der Waals surface area (Å²) in [6.07, 6.45) is 6.08. The Labute approximate surface area is 120 Å². The van der Waals surface area contributed by atoms with Crippen LogP contribution >= 0.6 is 0 Å². The highest BCUT2D eigenvalue weighted by Gasteiger charge is 2.65. The predicted molar refractivity (Wildman–Crippen MR) is 72.8 cm³/mol. The zero-order chi connectivity index (χ0) is 14.6. The largest absolute Gasteiger partial charge is 0.469 e. The third-order valence-corrected chi connectivity index (χ3v) is 6.30. The minimum Gasteiger partial charge on any atom is -0.469 e. The molecule has 4 heteroatoms. The molecule has 112 valence electrons. The van der Waals surface area contributed by atoms with Gasteiger partial charge in [0.25, 0.3) is 6.47 Å². The summed E-state index contributed by atoms with van der Waals surface area (Å²) in [6, 6.07) is 0. The van der Waals surface area contributed by atoms with E-state index < -0.39 is 5.60 Å². The normalized spacial score (nSPS) is 42.4. The van der Waals surface area contributed by atoms with Gasteiger partial charge in [0.15, 0.2) is 0 Å². The predicted octanol–water partition coefficient (Wildman–Crippen LogP) is 2.70. The third kappa shape index (κ3) is 1.73. The van der Waals surface area contributed by atoms with Crippen molar-refractivity contribution in [1.82, 2.24) is 0 Å². The topological polar surface area (TPSA) is 52.6 Å². The molecule has 4 bridgehead atoms. The molecule has 0 aromatic rings. The van der Waals surface area contributed by atoms with Gasteiger partial charge in [0.2, 0.25) is 0 Å². The molecule has 0 radical (unpaired) electrons. The zero-order valence-corrected chi connectivity index (χ0v) is 12.6. The maximum Gasteiger partial charge on any atom is 0.311 e. The van der Waals surface area contributed by atoms with Gasteiger partial charge in [0.05, 0.1) is 12.5 Å². The van der Waals surface area contributed by atoms with E-state index in [9.17, 15) is 9.59 Å². The SMILES string of the molecule is COC(=O)C12C[C@H]3C[C@@H](C1)CC(C(C)(C)OC=O)(C3)C2. The highest BCUT2D eigenvalue weighted by molar-refractivity contribution is 5.77. The fourth-order valence-corrected chi connectivity index (χ4v) is 5.67. The number of methoxy groups -OCH3 is 1. The van der Waals surface area contributed by atoms with Crippen molar-refractivity contribution in [3.05, 3.63) is 0 Å². The van der Waals surface area contributed by atoms with E-state index in [1.807, 2.05) is 13.8 Å². The molecule has 0 heterocycles. The van der Waals surface area contributed by atoms with E-state index in [1.54, 1.807) is 0 Å². The van der Waals surface area contributed by atoms with Crippen LogP contribution in [0.5, 0.6) is 0 Å². The van der Waals surface area contributed by atoms with Gasteiger partial charge in [-0.2, -0.15) is 0 Å². The van der Waals surface area contributed by atoms with E-state index >= 15 is 0 Å². The van der Waals surface area contributed by atoms with E-state index in [1.165, 1.54) is 13.5 Å². The Kier molecular flexibility index (Phi) is 2.93. The first kappa shape index (κ1) is 13.9. The highest BCUT2D eigenvalue weighted by Crippen LogP contribution is 2.68.